The van der Waals surface area contributed by atoms with Gasteiger partial charge in [-0.15, -0.1) is 0 Å². The first-order valence-electron chi connectivity index (χ1n) is 10.8. The lowest BCUT2D eigenvalue weighted by Crippen LogP contribution is -2.59. The Morgan fingerprint density at radius 2 is 1.34 bits per heavy atom. The van der Waals surface area contributed by atoms with Crippen LogP contribution in [0.3, 0.4) is 0 Å². The molecule has 0 radical (unpaired) electrons. The maximum Gasteiger partial charge on any atom is 0.326 e. The molecule has 11 heteroatoms. The lowest BCUT2D eigenvalue weighted by Gasteiger charge is -2.28. The van der Waals surface area contributed by atoms with Crippen LogP contribution >= 0.6 is 0 Å². The van der Waals surface area contributed by atoms with E-state index >= 15 is 0 Å². The second-order valence-electron chi connectivity index (χ2n) is 8.83. The first kappa shape index (κ1) is 29.3. The first-order valence-corrected chi connectivity index (χ1v) is 10.8. The largest absolute Gasteiger partial charge is 0.481 e. The van der Waals surface area contributed by atoms with Crippen molar-refractivity contribution >= 4 is 29.7 Å². The molecule has 0 saturated heterocycles. The van der Waals surface area contributed by atoms with Gasteiger partial charge >= 0.3 is 11.9 Å². The average molecular weight is 459 g/mol. The highest BCUT2D eigenvalue weighted by atomic mass is 16.4. The van der Waals surface area contributed by atoms with Crippen LogP contribution < -0.4 is 21.7 Å². The fourth-order valence-electron chi connectivity index (χ4n) is 2.87. The second-order valence-corrected chi connectivity index (χ2v) is 8.83. The van der Waals surface area contributed by atoms with Crippen LogP contribution in [0.25, 0.3) is 0 Å². The zero-order chi connectivity index (χ0) is 25.2. The smallest absolute Gasteiger partial charge is 0.326 e. The van der Waals surface area contributed by atoms with Gasteiger partial charge in [0.25, 0.3) is 0 Å². The predicted molar refractivity (Wildman–Crippen MR) is 117 cm³/mol. The van der Waals surface area contributed by atoms with Crippen molar-refractivity contribution in [2.45, 2.75) is 85.0 Å². The molecule has 3 amide bonds. The SMILES string of the molecule is CCC(C)C(NC(=O)C(CC(C)C)NC(=O)C(N)C(C)C)C(=O)NC(CC(=O)O)C(=O)O. The summed E-state index contributed by atoms with van der Waals surface area (Å²) in [7, 11) is 0. The minimum atomic E-state index is -1.64. The summed E-state index contributed by atoms with van der Waals surface area (Å²) in [4.78, 5) is 60.3. The van der Waals surface area contributed by atoms with Crippen LogP contribution in [0.1, 0.15) is 60.8 Å². The van der Waals surface area contributed by atoms with Crippen molar-refractivity contribution < 1.29 is 34.2 Å². The fourth-order valence-corrected chi connectivity index (χ4v) is 2.87. The predicted octanol–water partition coefficient (Wildman–Crippen LogP) is 0.0756. The molecule has 5 unspecified atom stereocenters. The highest BCUT2D eigenvalue weighted by Gasteiger charge is 2.33. The van der Waals surface area contributed by atoms with Gasteiger partial charge in [-0.1, -0.05) is 48.0 Å². The number of nitrogens with two attached hydrogens (primary N) is 1. The number of hydrogen-bond donors (Lipinski definition) is 6. The van der Waals surface area contributed by atoms with Gasteiger partial charge in [0.1, 0.15) is 18.1 Å². The molecular weight excluding hydrogens is 420 g/mol. The van der Waals surface area contributed by atoms with Crippen LogP contribution in [0.2, 0.25) is 0 Å². The highest BCUT2D eigenvalue weighted by Crippen LogP contribution is 2.12. The molecule has 0 heterocycles. The Morgan fingerprint density at radius 1 is 0.812 bits per heavy atom. The van der Waals surface area contributed by atoms with Crippen molar-refractivity contribution in [2.75, 3.05) is 0 Å². The number of nitrogens with one attached hydrogen (secondary N) is 3. The summed E-state index contributed by atoms with van der Waals surface area (Å²) >= 11 is 0. The zero-order valence-electron chi connectivity index (χ0n) is 19.7. The zero-order valence-corrected chi connectivity index (χ0v) is 19.7. The summed E-state index contributed by atoms with van der Waals surface area (Å²) in [5.41, 5.74) is 5.87. The molecule has 0 fully saturated rings. The molecule has 0 aliphatic rings. The number of carboxylic acids is 2. The van der Waals surface area contributed by atoms with E-state index in [1.807, 2.05) is 13.8 Å². The molecule has 0 aliphatic heterocycles. The van der Waals surface area contributed by atoms with Crippen LogP contribution in [0.4, 0.5) is 0 Å². The third kappa shape index (κ3) is 10.1. The van der Waals surface area contributed by atoms with Crippen molar-refractivity contribution in [3.8, 4) is 0 Å². The normalized spacial score (nSPS) is 15.9. The van der Waals surface area contributed by atoms with Crippen LogP contribution in [-0.4, -0.2) is 64.0 Å². The summed E-state index contributed by atoms with van der Waals surface area (Å²) in [5.74, 6) is -5.26. The molecule has 5 atom stereocenters. The Labute approximate surface area is 188 Å². The number of rotatable bonds is 14. The quantitative estimate of drug-likeness (QED) is 0.211. The van der Waals surface area contributed by atoms with Crippen molar-refractivity contribution in [1.29, 1.82) is 0 Å². The number of carboxylic acid groups (broad SMARTS) is 2. The fraction of sp³-hybridized carbons (Fsp3) is 0.762. The molecule has 0 aromatic heterocycles. The van der Waals surface area contributed by atoms with Gasteiger partial charge in [-0.2, -0.15) is 0 Å². The lowest BCUT2D eigenvalue weighted by atomic mass is 9.96. The molecule has 0 saturated carbocycles. The van der Waals surface area contributed by atoms with E-state index in [9.17, 15) is 29.1 Å². The molecule has 0 bridgehead atoms. The molecule has 7 N–H and O–H groups in total. The highest BCUT2D eigenvalue weighted by molar-refractivity contribution is 5.94. The van der Waals surface area contributed by atoms with Gasteiger partial charge in [0.2, 0.25) is 17.7 Å². The van der Waals surface area contributed by atoms with Crippen molar-refractivity contribution in [1.82, 2.24) is 16.0 Å². The summed E-state index contributed by atoms with van der Waals surface area (Å²) in [6, 6.07) is -4.51. The first-order chi connectivity index (χ1) is 14.7. The van der Waals surface area contributed by atoms with E-state index in [0.717, 1.165) is 0 Å². The van der Waals surface area contributed by atoms with Gasteiger partial charge in [-0.05, 0) is 24.2 Å². The molecule has 0 aromatic rings. The number of hydrogen-bond acceptors (Lipinski definition) is 6. The van der Waals surface area contributed by atoms with Crippen LogP contribution in [0.5, 0.6) is 0 Å². The monoisotopic (exact) mass is 458 g/mol. The van der Waals surface area contributed by atoms with E-state index in [4.69, 9.17) is 10.8 Å². The Kier molecular flexibility index (Phi) is 12.5. The maximum absolute atomic E-state index is 13.0. The van der Waals surface area contributed by atoms with Gasteiger partial charge in [0, 0.05) is 0 Å². The van der Waals surface area contributed by atoms with Gasteiger partial charge in [0.15, 0.2) is 0 Å². The third-order valence-electron chi connectivity index (χ3n) is 5.15. The van der Waals surface area contributed by atoms with Crippen LogP contribution in [-0.2, 0) is 24.0 Å². The molecular formula is C21H38N4O7. The van der Waals surface area contributed by atoms with Crippen molar-refractivity contribution in [2.24, 2.45) is 23.5 Å². The van der Waals surface area contributed by atoms with E-state index < -0.39 is 60.2 Å². The number of aliphatic carboxylic acids is 2. The molecule has 32 heavy (non-hydrogen) atoms. The Morgan fingerprint density at radius 3 is 1.75 bits per heavy atom. The van der Waals surface area contributed by atoms with Gasteiger partial charge in [0.05, 0.1) is 12.5 Å². The average Bonchev–Trinajstić information content (AvgIpc) is 2.68. The van der Waals surface area contributed by atoms with Crippen molar-refractivity contribution in [3.05, 3.63) is 0 Å². The summed E-state index contributed by atoms with van der Waals surface area (Å²) in [6.45, 7) is 10.8. The minimum Gasteiger partial charge on any atom is -0.481 e. The lowest BCUT2D eigenvalue weighted by molar-refractivity contribution is -0.147. The molecule has 0 aromatic carbocycles. The third-order valence-corrected chi connectivity index (χ3v) is 5.15. The van der Waals surface area contributed by atoms with Gasteiger partial charge in [-0.25, -0.2) is 4.79 Å². The summed E-state index contributed by atoms with van der Waals surface area (Å²) in [6.07, 6.45) is -0.0240. The molecule has 0 rings (SSSR count). The molecule has 0 aliphatic carbocycles. The number of carbonyl (C=O) groups excluding carboxylic acids is 3. The molecule has 0 spiro atoms. The minimum absolute atomic E-state index is 0.0455. The molecule has 11 nitrogen and oxygen atoms in total. The van der Waals surface area contributed by atoms with E-state index in [2.05, 4.69) is 16.0 Å². The standard InChI is InChI=1S/C21H38N4O7/c1-7-12(6)17(20(30)24-14(21(31)32)9-15(26)27)25-18(28)13(8-10(2)3)23-19(29)16(22)11(4)5/h10-14,16-17H,7-9,22H2,1-6H3,(H,23,29)(H,24,30)(H,25,28)(H,26,27)(H,31,32). The van der Waals surface area contributed by atoms with Gasteiger partial charge < -0.3 is 31.9 Å². The maximum atomic E-state index is 13.0. The Balaban J connectivity index is 5.59. The Bertz CT molecular complexity index is 681. The van der Waals surface area contributed by atoms with E-state index in [1.165, 1.54) is 0 Å². The van der Waals surface area contributed by atoms with Crippen molar-refractivity contribution in [3.63, 3.8) is 0 Å². The van der Waals surface area contributed by atoms with Crippen LogP contribution in [0, 0.1) is 17.8 Å². The number of amides is 3. The topological polar surface area (TPSA) is 188 Å². The van der Waals surface area contributed by atoms with Gasteiger partial charge in [-0.3, -0.25) is 19.2 Å². The summed E-state index contributed by atoms with van der Waals surface area (Å²) in [5, 5.41) is 25.5. The van der Waals surface area contributed by atoms with E-state index in [1.54, 1.807) is 27.7 Å². The van der Waals surface area contributed by atoms with E-state index in [-0.39, 0.29) is 17.8 Å². The van der Waals surface area contributed by atoms with Crippen LogP contribution in [0.15, 0.2) is 0 Å². The molecule has 184 valence electrons. The van der Waals surface area contributed by atoms with E-state index in [0.29, 0.717) is 12.8 Å². The number of carbonyl (C=O) groups is 5. The second kappa shape index (κ2) is 13.7. The Hall–Kier alpha value is -2.69. The summed E-state index contributed by atoms with van der Waals surface area (Å²) < 4.78 is 0.